The van der Waals surface area contributed by atoms with Gasteiger partial charge < -0.3 is 16.2 Å². The highest BCUT2D eigenvalue weighted by Crippen LogP contribution is 2.55. The Balaban J connectivity index is 1.47. The van der Waals surface area contributed by atoms with E-state index in [0.717, 1.165) is 17.9 Å². The molecule has 4 rings (SSSR count). The normalized spacial score (nSPS) is 16.1. The second-order valence-corrected chi connectivity index (χ2v) is 14.4. The van der Waals surface area contributed by atoms with E-state index in [-0.39, 0.29) is 24.0 Å². The van der Waals surface area contributed by atoms with Crippen LogP contribution in [-0.2, 0) is 19.2 Å². The third-order valence-electron chi connectivity index (χ3n) is 6.90. The monoisotopic (exact) mass is 578 g/mol. The predicted molar refractivity (Wildman–Crippen MR) is 161 cm³/mol. The largest absolute Gasteiger partial charge is 0.480 e. The minimum atomic E-state index is -2.07. The molecule has 0 bridgehead atoms. The van der Waals surface area contributed by atoms with Gasteiger partial charge in [-0.25, -0.2) is 0 Å². The van der Waals surface area contributed by atoms with E-state index in [0.29, 0.717) is 13.0 Å². The highest BCUT2D eigenvalue weighted by molar-refractivity contribution is 8.00. The summed E-state index contributed by atoms with van der Waals surface area (Å²) < 4.78 is 0. The fourth-order valence-corrected chi connectivity index (χ4v) is 10.4. The number of nitrogens with zero attached hydrogens (tertiary/aromatic N) is 1. The van der Waals surface area contributed by atoms with Crippen molar-refractivity contribution in [2.24, 2.45) is 5.73 Å². The van der Waals surface area contributed by atoms with Crippen LogP contribution >= 0.6 is 19.0 Å². The number of hydrogen-bond acceptors (Lipinski definition) is 6. The van der Waals surface area contributed by atoms with Crippen molar-refractivity contribution in [1.82, 2.24) is 10.2 Å². The van der Waals surface area contributed by atoms with E-state index in [1.807, 2.05) is 18.2 Å². The second kappa shape index (κ2) is 13.7. The van der Waals surface area contributed by atoms with Gasteiger partial charge in [0.1, 0.15) is 29.7 Å². The van der Waals surface area contributed by atoms with Crippen molar-refractivity contribution < 1.29 is 24.3 Å². The van der Waals surface area contributed by atoms with Gasteiger partial charge in [0.15, 0.2) is 0 Å². The van der Waals surface area contributed by atoms with Crippen LogP contribution in [0.4, 0.5) is 0 Å². The van der Waals surface area contributed by atoms with Crippen molar-refractivity contribution in [1.29, 1.82) is 0 Å². The molecule has 3 aromatic rings. The maximum Gasteiger partial charge on any atom is 0.322 e. The van der Waals surface area contributed by atoms with Crippen molar-refractivity contribution >= 4 is 58.6 Å². The summed E-state index contributed by atoms with van der Waals surface area (Å²) in [6, 6.07) is 30.4. The molecule has 1 heterocycles. The molecule has 0 saturated carbocycles. The van der Waals surface area contributed by atoms with E-state index in [2.05, 4.69) is 78.1 Å². The maximum atomic E-state index is 13.2. The zero-order chi connectivity index (χ0) is 28.5. The molecule has 3 amide bonds. The van der Waals surface area contributed by atoms with Gasteiger partial charge in [0, 0.05) is 25.1 Å². The number of amides is 3. The summed E-state index contributed by atoms with van der Waals surface area (Å²) in [5.41, 5.74) is 5.86. The Labute approximate surface area is 238 Å². The topological polar surface area (TPSA) is 130 Å². The van der Waals surface area contributed by atoms with E-state index in [1.54, 1.807) is 0 Å². The molecular formula is C30H33N3O5PS+. The van der Waals surface area contributed by atoms with E-state index in [4.69, 9.17) is 10.8 Å². The Bertz CT molecular complexity index is 1230. The SMILES string of the molecule is N[C@@H](CSC1CC(=O)N(CCC[P+](c2ccccc2)(c2ccccc2)c2ccccc2)C1=O)C(=O)NCC(=O)O. The lowest BCUT2D eigenvalue weighted by Gasteiger charge is -2.28. The van der Waals surface area contributed by atoms with Gasteiger partial charge in [-0.15, -0.1) is 11.8 Å². The van der Waals surface area contributed by atoms with Gasteiger partial charge in [-0.3, -0.25) is 24.1 Å². The molecule has 3 aromatic carbocycles. The predicted octanol–water partition coefficient (Wildman–Crippen LogP) is 1.76. The van der Waals surface area contributed by atoms with E-state index < -0.39 is 37.0 Å². The molecule has 40 heavy (non-hydrogen) atoms. The molecule has 0 aromatic heterocycles. The van der Waals surface area contributed by atoms with E-state index >= 15 is 0 Å². The minimum Gasteiger partial charge on any atom is -0.480 e. The van der Waals surface area contributed by atoms with Crippen LogP contribution in [-0.4, -0.2) is 70.0 Å². The highest BCUT2D eigenvalue weighted by Gasteiger charge is 2.46. The third kappa shape index (κ3) is 6.78. The van der Waals surface area contributed by atoms with Crippen molar-refractivity contribution in [2.45, 2.75) is 24.1 Å². The summed E-state index contributed by atoms with van der Waals surface area (Å²) in [5, 5.41) is 14.1. The summed E-state index contributed by atoms with van der Waals surface area (Å²) in [6.45, 7) is -0.209. The van der Waals surface area contributed by atoms with Gasteiger partial charge >= 0.3 is 5.97 Å². The number of carboxylic acid groups (broad SMARTS) is 1. The molecular weight excluding hydrogens is 545 g/mol. The number of nitrogens with two attached hydrogens (primary N) is 1. The lowest BCUT2D eigenvalue weighted by Crippen LogP contribution is -2.44. The first kappa shape index (κ1) is 29.5. The molecule has 10 heteroatoms. The van der Waals surface area contributed by atoms with E-state index in [1.165, 1.54) is 20.8 Å². The molecule has 1 aliphatic heterocycles. The molecule has 1 unspecified atom stereocenters. The second-order valence-electron chi connectivity index (χ2n) is 9.52. The number of carbonyl (C=O) groups excluding carboxylic acids is 3. The number of benzene rings is 3. The van der Waals surface area contributed by atoms with Gasteiger partial charge in [-0.1, -0.05) is 54.6 Å². The molecule has 8 nitrogen and oxygen atoms in total. The molecule has 2 atom stereocenters. The van der Waals surface area contributed by atoms with Gasteiger partial charge in [0.2, 0.25) is 17.7 Å². The van der Waals surface area contributed by atoms with Gasteiger partial charge in [0.25, 0.3) is 0 Å². The molecule has 1 fully saturated rings. The third-order valence-corrected chi connectivity index (χ3v) is 12.7. The highest BCUT2D eigenvalue weighted by atomic mass is 32.2. The van der Waals surface area contributed by atoms with E-state index in [9.17, 15) is 19.2 Å². The van der Waals surface area contributed by atoms with Crippen LogP contribution in [0, 0.1) is 0 Å². The summed E-state index contributed by atoms with van der Waals surface area (Å²) in [7, 11) is -2.07. The van der Waals surface area contributed by atoms with Crippen LogP contribution in [0.5, 0.6) is 0 Å². The van der Waals surface area contributed by atoms with Crippen molar-refractivity contribution in [3.05, 3.63) is 91.0 Å². The number of nitrogens with one attached hydrogen (secondary N) is 1. The number of likely N-dealkylation sites (tertiary alicyclic amines) is 1. The van der Waals surface area contributed by atoms with Crippen molar-refractivity contribution in [3.63, 3.8) is 0 Å². The molecule has 1 aliphatic rings. The van der Waals surface area contributed by atoms with Gasteiger partial charge in [-0.2, -0.15) is 0 Å². The summed E-state index contributed by atoms with van der Waals surface area (Å²) in [6.07, 6.45) is 1.48. The number of hydrogen-bond donors (Lipinski definition) is 3. The number of carbonyl (C=O) groups is 4. The van der Waals surface area contributed by atoms with Crippen LogP contribution in [0.2, 0.25) is 0 Å². The van der Waals surface area contributed by atoms with Crippen LogP contribution in [0.1, 0.15) is 12.8 Å². The number of carboxylic acids is 1. The average Bonchev–Trinajstić information content (AvgIpc) is 3.25. The summed E-state index contributed by atoms with van der Waals surface area (Å²) >= 11 is 1.16. The summed E-state index contributed by atoms with van der Waals surface area (Å²) in [5.74, 6) is -2.16. The Hall–Kier alpha value is -3.52. The zero-order valence-electron chi connectivity index (χ0n) is 22.0. The summed E-state index contributed by atoms with van der Waals surface area (Å²) in [4.78, 5) is 50.0. The Morgan fingerprint density at radius 3 is 1.90 bits per heavy atom. The quantitative estimate of drug-likeness (QED) is 0.208. The Morgan fingerprint density at radius 2 is 1.43 bits per heavy atom. The van der Waals surface area contributed by atoms with Crippen LogP contribution in [0.15, 0.2) is 91.0 Å². The van der Waals surface area contributed by atoms with Crippen LogP contribution < -0.4 is 27.0 Å². The average molecular weight is 579 g/mol. The fraction of sp³-hybridized carbons (Fsp3) is 0.267. The lowest BCUT2D eigenvalue weighted by atomic mass is 10.3. The molecule has 4 N–H and O–H groups in total. The fourth-order valence-electron chi connectivity index (χ4n) is 4.96. The zero-order valence-corrected chi connectivity index (χ0v) is 23.7. The molecule has 0 radical (unpaired) electrons. The molecule has 0 spiro atoms. The maximum absolute atomic E-state index is 13.2. The first-order valence-corrected chi connectivity index (χ1v) is 16.1. The van der Waals surface area contributed by atoms with Crippen LogP contribution in [0.25, 0.3) is 0 Å². The van der Waals surface area contributed by atoms with Crippen LogP contribution in [0.3, 0.4) is 0 Å². The standard InChI is InChI=1S/C30H32N3O5PS/c31-25(29(37)32-20-28(35)36)21-40-26-19-27(34)33(30(26)38)17-10-18-39(22-11-4-1-5-12-22,23-13-6-2-7-14-23)24-15-8-3-9-16-24/h1-9,11-16,25-26H,10,17-21,31H2,(H-,32,35,36,37)/p+1/t25-,26?/m0/s1. The smallest absolute Gasteiger partial charge is 0.322 e. The minimum absolute atomic E-state index is 0.0588. The molecule has 208 valence electrons. The number of aliphatic carboxylic acids is 1. The Kier molecular flexibility index (Phi) is 10.1. The van der Waals surface area contributed by atoms with Crippen molar-refractivity contribution in [3.8, 4) is 0 Å². The lowest BCUT2D eigenvalue weighted by molar-refractivity contribution is -0.138. The first-order valence-electron chi connectivity index (χ1n) is 13.1. The van der Waals surface area contributed by atoms with Gasteiger partial charge in [0.05, 0.1) is 17.5 Å². The number of rotatable bonds is 13. The Morgan fingerprint density at radius 1 is 0.925 bits per heavy atom. The number of imide groups is 1. The molecule has 1 saturated heterocycles. The van der Waals surface area contributed by atoms with Gasteiger partial charge in [-0.05, 0) is 36.4 Å². The molecule has 0 aliphatic carbocycles. The van der Waals surface area contributed by atoms with Crippen molar-refractivity contribution in [2.75, 3.05) is 25.0 Å². The first-order chi connectivity index (χ1) is 19.3. The number of thioether (sulfide) groups is 1.